The van der Waals surface area contributed by atoms with Gasteiger partial charge in [0, 0.05) is 34.6 Å². The molecule has 0 radical (unpaired) electrons. The Balaban J connectivity index is 1.31. The van der Waals surface area contributed by atoms with Crippen molar-refractivity contribution in [3.05, 3.63) is 72.4 Å². The molecule has 0 aliphatic carbocycles. The van der Waals surface area contributed by atoms with Gasteiger partial charge in [0.15, 0.2) is 27.6 Å². The number of hydrogen-bond donors (Lipinski definition) is 1. The summed E-state index contributed by atoms with van der Waals surface area (Å²) in [5, 5.41) is 14.6. The van der Waals surface area contributed by atoms with E-state index in [0.29, 0.717) is 34.2 Å². The van der Waals surface area contributed by atoms with Crippen LogP contribution in [0.25, 0.3) is 28.3 Å². The van der Waals surface area contributed by atoms with Crippen LogP contribution in [0.1, 0.15) is 6.92 Å². The molecular formula is C28H26N6O4S2. The summed E-state index contributed by atoms with van der Waals surface area (Å²) in [7, 11) is 3.18. The van der Waals surface area contributed by atoms with Crippen molar-refractivity contribution in [1.82, 2.24) is 24.7 Å². The van der Waals surface area contributed by atoms with E-state index in [0.717, 1.165) is 28.3 Å². The normalized spacial score (nSPS) is 10.8. The number of rotatable bonds is 11. The number of pyridine rings is 1. The van der Waals surface area contributed by atoms with Gasteiger partial charge in [-0.2, -0.15) is 0 Å². The summed E-state index contributed by atoms with van der Waals surface area (Å²) >= 11 is 2.63. The smallest absolute Gasteiger partial charge is 0.236 e. The van der Waals surface area contributed by atoms with Gasteiger partial charge in [0.05, 0.1) is 32.3 Å². The van der Waals surface area contributed by atoms with Crippen LogP contribution in [0.4, 0.5) is 5.13 Å². The topological polar surface area (TPSA) is 113 Å². The monoisotopic (exact) mass is 574 g/mol. The van der Waals surface area contributed by atoms with Crippen LogP contribution in [-0.2, 0) is 4.79 Å². The van der Waals surface area contributed by atoms with Crippen molar-refractivity contribution >= 4 is 34.1 Å². The Kier molecular flexibility index (Phi) is 8.57. The summed E-state index contributed by atoms with van der Waals surface area (Å²) < 4.78 is 18.2. The first kappa shape index (κ1) is 27.2. The molecule has 5 rings (SSSR count). The highest BCUT2D eigenvalue weighted by Crippen LogP contribution is 2.34. The molecule has 10 nitrogen and oxygen atoms in total. The second kappa shape index (κ2) is 12.6. The highest BCUT2D eigenvalue weighted by atomic mass is 32.2. The van der Waals surface area contributed by atoms with Gasteiger partial charge in [0.2, 0.25) is 5.91 Å². The number of carbonyl (C=O) groups excluding carboxylic acids is 1. The number of nitrogens with one attached hydrogen (secondary N) is 1. The van der Waals surface area contributed by atoms with Gasteiger partial charge in [-0.3, -0.25) is 14.3 Å². The number of carbonyl (C=O) groups is 1. The number of thioether (sulfide) groups is 1. The van der Waals surface area contributed by atoms with Crippen LogP contribution in [0.5, 0.6) is 17.2 Å². The molecule has 0 unspecified atom stereocenters. The Bertz CT molecular complexity index is 1590. The minimum Gasteiger partial charge on any atom is -0.494 e. The molecule has 204 valence electrons. The molecule has 0 aliphatic heterocycles. The van der Waals surface area contributed by atoms with Gasteiger partial charge in [-0.15, -0.1) is 21.5 Å². The SMILES string of the molecule is CCOc1ccc(-n2c(SCC(=O)Nc3nc(-c4ccc(OC)c(OC)c4)cs3)nnc2-c2cccnc2)cc1. The van der Waals surface area contributed by atoms with E-state index >= 15 is 0 Å². The highest BCUT2D eigenvalue weighted by Gasteiger charge is 2.18. The molecule has 0 fully saturated rings. The van der Waals surface area contributed by atoms with E-state index in [1.807, 2.05) is 71.5 Å². The number of nitrogens with zero attached hydrogens (tertiary/aromatic N) is 5. The second-order valence-corrected chi connectivity index (χ2v) is 10.1. The van der Waals surface area contributed by atoms with Crippen LogP contribution >= 0.6 is 23.1 Å². The first-order valence-electron chi connectivity index (χ1n) is 12.3. The summed E-state index contributed by atoms with van der Waals surface area (Å²) in [6.45, 7) is 2.52. The first-order valence-corrected chi connectivity index (χ1v) is 14.2. The Morgan fingerprint density at radius 1 is 1.02 bits per heavy atom. The van der Waals surface area contributed by atoms with Gasteiger partial charge in [-0.25, -0.2) is 4.98 Å². The first-order chi connectivity index (χ1) is 19.6. The van der Waals surface area contributed by atoms with E-state index in [2.05, 4.69) is 25.5 Å². The van der Waals surface area contributed by atoms with Crippen molar-refractivity contribution in [2.75, 3.05) is 31.9 Å². The summed E-state index contributed by atoms with van der Waals surface area (Å²) in [6.07, 6.45) is 3.44. The number of hydrogen-bond acceptors (Lipinski definition) is 10. The fourth-order valence-electron chi connectivity index (χ4n) is 3.88. The predicted molar refractivity (Wildman–Crippen MR) is 156 cm³/mol. The fourth-order valence-corrected chi connectivity index (χ4v) is 5.37. The molecule has 0 saturated carbocycles. The summed E-state index contributed by atoms with van der Waals surface area (Å²) in [4.78, 5) is 21.7. The van der Waals surface area contributed by atoms with E-state index in [1.54, 1.807) is 26.6 Å². The van der Waals surface area contributed by atoms with Gasteiger partial charge in [-0.1, -0.05) is 11.8 Å². The third-order valence-corrected chi connectivity index (χ3v) is 7.41. The van der Waals surface area contributed by atoms with Gasteiger partial charge in [-0.05, 0) is 61.5 Å². The molecule has 5 aromatic rings. The molecule has 12 heteroatoms. The summed E-state index contributed by atoms with van der Waals surface area (Å²) in [5.74, 6) is 2.55. The van der Waals surface area contributed by atoms with Crippen LogP contribution in [0.15, 0.2) is 77.5 Å². The largest absolute Gasteiger partial charge is 0.494 e. The quantitative estimate of drug-likeness (QED) is 0.201. The van der Waals surface area contributed by atoms with Crippen molar-refractivity contribution in [3.63, 3.8) is 0 Å². The molecule has 0 spiro atoms. The maximum absolute atomic E-state index is 12.9. The molecule has 3 heterocycles. The molecule has 40 heavy (non-hydrogen) atoms. The average molecular weight is 575 g/mol. The van der Waals surface area contributed by atoms with Crippen LogP contribution in [0, 0.1) is 0 Å². The molecule has 3 aromatic heterocycles. The van der Waals surface area contributed by atoms with Crippen LogP contribution in [-0.4, -0.2) is 57.2 Å². The van der Waals surface area contributed by atoms with Crippen LogP contribution < -0.4 is 19.5 Å². The minimum atomic E-state index is -0.206. The number of benzene rings is 2. The van der Waals surface area contributed by atoms with Gasteiger partial charge in [0.25, 0.3) is 0 Å². The van der Waals surface area contributed by atoms with E-state index in [-0.39, 0.29) is 11.7 Å². The van der Waals surface area contributed by atoms with Gasteiger partial charge in [0.1, 0.15) is 5.75 Å². The Morgan fingerprint density at radius 2 is 1.85 bits per heavy atom. The maximum atomic E-state index is 12.9. The molecule has 1 N–H and O–H groups in total. The maximum Gasteiger partial charge on any atom is 0.236 e. The molecule has 0 atom stereocenters. The number of methoxy groups -OCH3 is 2. The minimum absolute atomic E-state index is 0.119. The zero-order valence-electron chi connectivity index (χ0n) is 22.0. The number of thiazole rings is 1. The molecular weight excluding hydrogens is 548 g/mol. The Hall–Kier alpha value is -4.42. The van der Waals surface area contributed by atoms with Crippen molar-refractivity contribution < 1.29 is 19.0 Å². The zero-order chi connectivity index (χ0) is 27.9. The zero-order valence-corrected chi connectivity index (χ0v) is 23.7. The molecule has 0 aliphatic rings. The van der Waals surface area contributed by atoms with E-state index in [4.69, 9.17) is 14.2 Å². The predicted octanol–water partition coefficient (Wildman–Crippen LogP) is 5.60. The van der Waals surface area contributed by atoms with E-state index < -0.39 is 0 Å². The third kappa shape index (κ3) is 6.08. The van der Waals surface area contributed by atoms with Gasteiger partial charge >= 0.3 is 0 Å². The lowest BCUT2D eigenvalue weighted by Gasteiger charge is -2.11. The fraction of sp³-hybridized carbons (Fsp3) is 0.179. The third-order valence-electron chi connectivity index (χ3n) is 5.72. The van der Waals surface area contributed by atoms with Crippen LogP contribution in [0.3, 0.4) is 0 Å². The van der Waals surface area contributed by atoms with Crippen LogP contribution in [0.2, 0.25) is 0 Å². The number of aromatic nitrogens is 5. The number of anilines is 1. The lowest BCUT2D eigenvalue weighted by Crippen LogP contribution is -2.14. The molecule has 0 saturated heterocycles. The summed E-state index contributed by atoms with van der Waals surface area (Å²) in [5.41, 5.74) is 3.24. The van der Waals surface area contributed by atoms with Crippen molar-refractivity contribution in [2.24, 2.45) is 0 Å². The van der Waals surface area contributed by atoms with Crippen molar-refractivity contribution in [3.8, 4) is 45.6 Å². The lowest BCUT2D eigenvalue weighted by atomic mass is 10.1. The molecule has 2 aromatic carbocycles. The summed E-state index contributed by atoms with van der Waals surface area (Å²) in [6, 6.07) is 17.0. The van der Waals surface area contributed by atoms with Crippen molar-refractivity contribution in [1.29, 1.82) is 0 Å². The van der Waals surface area contributed by atoms with Gasteiger partial charge < -0.3 is 19.5 Å². The lowest BCUT2D eigenvalue weighted by molar-refractivity contribution is -0.113. The molecule has 1 amide bonds. The highest BCUT2D eigenvalue weighted by molar-refractivity contribution is 7.99. The second-order valence-electron chi connectivity index (χ2n) is 8.25. The Morgan fingerprint density at radius 3 is 2.58 bits per heavy atom. The number of amides is 1. The standard InChI is InChI=1S/C28H26N6O4S2/c1-4-38-21-10-8-20(9-11-21)34-26(19-6-5-13-29-15-19)32-33-28(34)40-17-25(35)31-27-30-22(16-39-27)18-7-12-23(36-2)24(14-18)37-3/h5-16H,4,17H2,1-3H3,(H,30,31,35). The van der Waals surface area contributed by atoms with Crippen molar-refractivity contribution in [2.45, 2.75) is 12.1 Å². The average Bonchev–Trinajstić information content (AvgIpc) is 3.64. The molecule has 0 bridgehead atoms. The van der Waals surface area contributed by atoms with E-state index in [1.165, 1.54) is 23.1 Å². The van der Waals surface area contributed by atoms with E-state index in [9.17, 15) is 4.79 Å². The Labute approximate surface area is 239 Å². The number of ether oxygens (including phenoxy) is 3.